The van der Waals surface area contributed by atoms with Gasteiger partial charge in [0.1, 0.15) is 18.3 Å². The standard InChI is InChI=1S/C16H20BrNO2/c17-12-7-5-11(6-8-12)9-18-16(19)14-10-20-15-4-2-1-3-13(14)15/h1-4,11-12,14H,5-10H2,(H,18,19). The van der Waals surface area contributed by atoms with Crippen molar-refractivity contribution in [3.63, 3.8) is 0 Å². The van der Waals surface area contributed by atoms with Crippen LogP contribution >= 0.6 is 15.9 Å². The second-order valence-electron chi connectivity index (χ2n) is 5.76. The molecule has 1 aliphatic heterocycles. The van der Waals surface area contributed by atoms with Gasteiger partial charge in [-0.05, 0) is 37.7 Å². The van der Waals surface area contributed by atoms with Crippen molar-refractivity contribution in [1.82, 2.24) is 5.32 Å². The minimum absolute atomic E-state index is 0.107. The monoisotopic (exact) mass is 337 g/mol. The number of halogens is 1. The third kappa shape index (κ3) is 3.00. The van der Waals surface area contributed by atoms with Crippen LogP contribution in [0.4, 0.5) is 0 Å². The zero-order chi connectivity index (χ0) is 13.9. The molecule has 0 aromatic heterocycles. The number of amides is 1. The molecule has 1 saturated carbocycles. The summed E-state index contributed by atoms with van der Waals surface area (Å²) in [5, 5.41) is 3.12. The van der Waals surface area contributed by atoms with Gasteiger partial charge in [0.15, 0.2) is 0 Å². The van der Waals surface area contributed by atoms with Gasteiger partial charge in [0, 0.05) is 16.9 Å². The fourth-order valence-corrected chi connectivity index (χ4v) is 3.60. The lowest BCUT2D eigenvalue weighted by atomic mass is 9.89. The number of nitrogens with one attached hydrogen (secondary N) is 1. The van der Waals surface area contributed by atoms with E-state index in [1.807, 2.05) is 24.3 Å². The second-order valence-corrected chi connectivity index (χ2v) is 7.06. The summed E-state index contributed by atoms with van der Waals surface area (Å²) in [6.07, 6.45) is 4.84. The zero-order valence-corrected chi connectivity index (χ0v) is 13.1. The van der Waals surface area contributed by atoms with E-state index in [0.29, 0.717) is 17.4 Å². The zero-order valence-electron chi connectivity index (χ0n) is 11.5. The van der Waals surface area contributed by atoms with E-state index < -0.39 is 0 Å². The Morgan fingerprint density at radius 2 is 2.00 bits per heavy atom. The average molecular weight is 338 g/mol. The molecule has 1 amide bonds. The summed E-state index contributed by atoms with van der Waals surface area (Å²) >= 11 is 3.66. The number of hydrogen-bond acceptors (Lipinski definition) is 2. The van der Waals surface area contributed by atoms with E-state index in [2.05, 4.69) is 21.2 Å². The van der Waals surface area contributed by atoms with Gasteiger partial charge < -0.3 is 10.1 Å². The maximum atomic E-state index is 12.3. The van der Waals surface area contributed by atoms with Crippen molar-refractivity contribution in [3.05, 3.63) is 29.8 Å². The predicted molar refractivity (Wildman–Crippen MR) is 82.4 cm³/mol. The largest absolute Gasteiger partial charge is 0.492 e. The molecule has 0 spiro atoms. The number of rotatable bonds is 3. The number of para-hydroxylation sites is 1. The van der Waals surface area contributed by atoms with Crippen molar-refractivity contribution in [3.8, 4) is 5.75 Å². The maximum Gasteiger partial charge on any atom is 0.231 e. The molecule has 1 heterocycles. The molecule has 1 aromatic rings. The first-order valence-electron chi connectivity index (χ1n) is 7.37. The number of carbonyl (C=O) groups is 1. The van der Waals surface area contributed by atoms with E-state index in [4.69, 9.17) is 4.74 Å². The van der Waals surface area contributed by atoms with Crippen LogP contribution in [0.3, 0.4) is 0 Å². The van der Waals surface area contributed by atoms with Gasteiger partial charge in [0.2, 0.25) is 5.91 Å². The Kier molecular flexibility index (Phi) is 4.29. The highest BCUT2D eigenvalue weighted by molar-refractivity contribution is 9.09. The molecule has 4 heteroatoms. The van der Waals surface area contributed by atoms with Gasteiger partial charge in [-0.3, -0.25) is 4.79 Å². The number of alkyl halides is 1. The van der Waals surface area contributed by atoms with Crippen molar-refractivity contribution >= 4 is 21.8 Å². The van der Waals surface area contributed by atoms with Gasteiger partial charge in [-0.25, -0.2) is 0 Å². The third-order valence-corrected chi connectivity index (χ3v) is 5.27. The predicted octanol–water partition coefficient (Wildman–Crippen LogP) is 3.23. The van der Waals surface area contributed by atoms with Crippen LogP contribution in [0, 0.1) is 5.92 Å². The molecule has 2 aliphatic rings. The summed E-state index contributed by atoms with van der Waals surface area (Å²) in [6.45, 7) is 1.27. The average Bonchev–Trinajstić information content (AvgIpc) is 2.90. The van der Waals surface area contributed by atoms with Gasteiger partial charge in [0.05, 0.1) is 0 Å². The molecule has 1 aliphatic carbocycles. The molecule has 0 bridgehead atoms. The minimum Gasteiger partial charge on any atom is -0.492 e. The van der Waals surface area contributed by atoms with Gasteiger partial charge in [-0.2, -0.15) is 0 Å². The number of carbonyl (C=O) groups excluding carboxylic acids is 1. The Bertz CT molecular complexity index is 483. The number of fused-ring (bicyclic) bond motifs is 1. The molecule has 3 rings (SSSR count). The summed E-state index contributed by atoms with van der Waals surface area (Å²) in [5.41, 5.74) is 1.02. The fourth-order valence-electron chi connectivity index (χ4n) is 3.07. The van der Waals surface area contributed by atoms with Gasteiger partial charge in [0.25, 0.3) is 0 Å². The normalized spacial score (nSPS) is 28.6. The van der Waals surface area contributed by atoms with E-state index in [-0.39, 0.29) is 11.8 Å². The molecule has 1 atom stereocenters. The Morgan fingerprint density at radius 1 is 1.25 bits per heavy atom. The number of ether oxygens (including phenoxy) is 1. The van der Waals surface area contributed by atoms with Crippen LogP contribution < -0.4 is 10.1 Å². The molecule has 1 unspecified atom stereocenters. The van der Waals surface area contributed by atoms with Crippen LogP contribution in [0.25, 0.3) is 0 Å². The second kappa shape index (κ2) is 6.17. The molecular weight excluding hydrogens is 318 g/mol. The van der Waals surface area contributed by atoms with Crippen molar-refractivity contribution in [2.45, 2.75) is 36.4 Å². The summed E-state index contributed by atoms with van der Waals surface area (Å²) < 4.78 is 5.57. The van der Waals surface area contributed by atoms with Crippen LogP contribution in [0.15, 0.2) is 24.3 Å². The Labute approximate surface area is 128 Å². The third-order valence-electron chi connectivity index (χ3n) is 4.36. The summed E-state index contributed by atoms with van der Waals surface area (Å²) in [7, 11) is 0. The number of benzene rings is 1. The molecule has 1 fully saturated rings. The SMILES string of the molecule is O=C(NCC1CCC(Br)CC1)C1COc2ccccc21. The van der Waals surface area contributed by atoms with Crippen LogP contribution in [0.1, 0.15) is 37.2 Å². The topological polar surface area (TPSA) is 38.3 Å². The number of hydrogen-bond donors (Lipinski definition) is 1. The molecule has 3 nitrogen and oxygen atoms in total. The van der Waals surface area contributed by atoms with Crippen molar-refractivity contribution in [1.29, 1.82) is 0 Å². The molecule has 0 radical (unpaired) electrons. The smallest absolute Gasteiger partial charge is 0.231 e. The van der Waals surface area contributed by atoms with Crippen molar-refractivity contribution < 1.29 is 9.53 Å². The Balaban J connectivity index is 1.53. The van der Waals surface area contributed by atoms with E-state index >= 15 is 0 Å². The lowest BCUT2D eigenvalue weighted by Gasteiger charge is -2.25. The van der Waals surface area contributed by atoms with Gasteiger partial charge in [-0.15, -0.1) is 0 Å². The van der Waals surface area contributed by atoms with Crippen molar-refractivity contribution in [2.75, 3.05) is 13.2 Å². The first-order valence-corrected chi connectivity index (χ1v) is 8.29. The molecule has 0 saturated heterocycles. The molecular formula is C16H20BrNO2. The van der Waals surface area contributed by atoms with Crippen LogP contribution in [-0.2, 0) is 4.79 Å². The summed E-state index contributed by atoms with van der Waals surface area (Å²) in [5.74, 6) is 1.45. The highest BCUT2D eigenvalue weighted by Gasteiger charge is 2.30. The first kappa shape index (κ1) is 13.9. The van der Waals surface area contributed by atoms with Gasteiger partial charge in [-0.1, -0.05) is 34.1 Å². The quantitative estimate of drug-likeness (QED) is 0.860. The Hall–Kier alpha value is -1.03. The lowest BCUT2D eigenvalue weighted by molar-refractivity contribution is -0.123. The fraction of sp³-hybridized carbons (Fsp3) is 0.562. The molecule has 1 aromatic carbocycles. The molecule has 1 N–H and O–H groups in total. The first-order chi connectivity index (χ1) is 9.74. The molecule has 20 heavy (non-hydrogen) atoms. The maximum absolute atomic E-state index is 12.3. The summed E-state index contributed by atoms with van der Waals surface area (Å²) in [4.78, 5) is 13.0. The van der Waals surface area contributed by atoms with E-state index in [1.54, 1.807) is 0 Å². The van der Waals surface area contributed by atoms with Crippen LogP contribution in [-0.4, -0.2) is 23.9 Å². The van der Waals surface area contributed by atoms with E-state index in [1.165, 1.54) is 25.7 Å². The van der Waals surface area contributed by atoms with E-state index in [0.717, 1.165) is 17.9 Å². The highest BCUT2D eigenvalue weighted by atomic mass is 79.9. The lowest BCUT2D eigenvalue weighted by Crippen LogP contribution is -2.35. The summed E-state index contributed by atoms with van der Waals surface area (Å²) in [6, 6.07) is 7.82. The van der Waals surface area contributed by atoms with Gasteiger partial charge >= 0.3 is 0 Å². The highest BCUT2D eigenvalue weighted by Crippen LogP contribution is 2.33. The molecule has 108 valence electrons. The minimum atomic E-state index is -0.140. The van der Waals surface area contributed by atoms with E-state index in [9.17, 15) is 4.79 Å². The van der Waals surface area contributed by atoms with Crippen LogP contribution in [0.2, 0.25) is 0 Å². The Morgan fingerprint density at radius 3 is 2.80 bits per heavy atom. The van der Waals surface area contributed by atoms with Crippen molar-refractivity contribution in [2.24, 2.45) is 5.92 Å². The van der Waals surface area contributed by atoms with Crippen LogP contribution in [0.5, 0.6) is 5.75 Å².